The van der Waals surface area contributed by atoms with Gasteiger partial charge in [-0.05, 0) is 42.4 Å². The second-order valence-electron chi connectivity index (χ2n) is 4.73. The number of H-pyrrole nitrogens is 1. The number of rotatable bonds is 7. The monoisotopic (exact) mass is 279 g/mol. The normalized spacial score (nSPS) is 12.4. The number of benzene rings is 1. The molecule has 0 bridgehead atoms. The predicted octanol–water partition coefficient (Wildman–Crippen LogP) is 3.40. The van der Waals surface area contributed by atoms with E-state index in [9.17, 15) is 0 Å². The fourth-order valence-electron chi connectivity index (χ4n) is 2.13. The average Bonchev–Trinajstić information content (AvgIpc) is 2.93. The first-order chi connectivity index (χ1) is 10.2. The lowest BCUT2D eigenvalue weighted by molar-refractivity contribution is 0.808. The van der Waals surface area contributed by atoms with Crippen molar-refractivity contribution in [1.82, 2.24) is 10.3 Å². The molecule has 2 aromatic rings. The van der Waals surface area contributed by atoms with Crippen LogP contribution in [-0.4, -0.2) is 11.5 Å². The lowest BCUT2D eigenvalue weighted by Crippen LogP contribution is -2.15. The van der Waals surface area contributed by atoms with Crippen LogP contribution in [0.25, 0.3) is 10.9 Å². The first-order valence-corrected chi connectivity index (χ1v) is 6.96. The van der Waals surface area contributed by atoms with Crippen molar-refractivity contribution < 1.29 is 0 Å². The maximum Gasteiger partial charge on any atom is 0.0456 e. The zero-order valence-corrected chi connectivity index (χ0v) is 12.1. The van der Waals surface area contributed by atoms with Crippen molar-refractivity contribution in [2.75, 3.05) is 6.54 Å². The van der Waals surface area contributed by atoms with Crippen molar-refractivity contribution in [1.29, 1.82) is 0 Å². The molecule has 0 amide bonds. The van der Waals surface area contributed by atoms with Gasteiger partial charge in [0.1, 0.15) is 0 Å². The second kappa shape index (κ2) is 7.20. The van der Waals surface area contributed by atoms with Crippen LogP contribution in [-0.2, 0) is 6.42 Å². The Morgan fingerprint density at radius 1 is 1.19 bits per heavy atom. The minimum atomic E-state index is 0.632. The zero-order valence-electron chi connectivity index (χ0n) is 12.1. The number of aromatic nitrogens is 1. The van der Waals surface area contributed by atoms with Gasteiger partial charge in [0.15, 0.2) is 0 Å². The van der Waals surface area contributed by atoms with Gasteiger partial charge in [0.25, 0.3) is 0 Å². The summed E-state index contributed by atoms with van der Waals surface area (Å²) in [4.78, 5) is 3.29. The molecule has 4 N–H and O–H groups in total. The van der Waals surface area contributed by atoms with Gasteiger partial charge in [-0.25, -0.2) is 0 Å². The quantitative estimate of drug-likeness (QED) is 0.680. The van der Waals surface area contributed by atoms with Crippen molar-refractivity contribution in [2.24, 2.45) is 5.73 Å². The predicted molar refractivity (Wildman–Crippen MR) is 90.8 cm³/mol. The number of fused-ring (bicyclic) bond motifs is 1. The number of hydrogen-bond donors (Lipinski definition) is 3. The Morgan fingerprint density at radius 2 is 2.00 bits per heavy atom. The Kier molecular flexibility index (Phi) is 5.04. The third kappa shape index (κ3) is 3.89. The molecule has 0 saturated carbocycles. The summed E-state index contributed by atoms with van der Waals surface area (Å²) in [5.41, 5.74) is 9.74. The van der Waals surface area contributed by atoms with E-state index >= 15 is 0 Å². The lowest BCUT2D eigenvalue weighted by atomic mass is 10.1. The van der Waals surface area contributed by atoms with E-state index in [1.807, 2.05) is 18.2 Å². The first-order valence-electron chi connectivity index (χ1n) is 6.96. The van der Waals surface area contributed by atoms with Crippen LogP contribution in [0.15, 0.2) is 79.3 Å². The Hall–Kier alpha value is -2.68. The maximum atomic E-state index is 5.68. The van der Waals surface area contributed by atoms with Crippen molar-refractivity contribution in [3.05, 3.63) is 84.9 Å². The number of aromatic amines is 1. The fraction of sp³-hybridized carbons (Fsp3) is 0.111. The average molecular weight is 279 g/mol. The molecule has 1 aromatic carbocycles. The van der Waals surface area contributed by atoms with E-state index in [4.69, 9.17) is 5.73 Å². The summed E-state index contributed by atoms with van der Waals surface area (Å²) in [5, 5.41) is 4.62. The number of para-hydroxylation sites is 1. The summed E-state index contributed by atoms with van der Waals surface area (Å²) < 4.78 is 0. The molecular weight excluding hydrogens is 258 g/mol. The van der Waals surface area contributed by atoms with E-state index in [0.29, 0.717) is 5.70 Å². The van der Waals surface area contributed by atoms with Gasteiger partial charge in [0.05, 0.1) is 0 Å². The second-order valence-corrected chi connectivity index (χ2v) is 4.73. The van der Waals surface area contributed by atoms with Gasteiger partial charge in [0, 0.05) is 35.0 Å². The Balaban J connectivity index is 1.97. The summed E-state index contributed by atoms with van der Waals surface area (Å²) in [5.74, 6) is 0. The minimum Gasteiger partial charge on any atom is -0.399 e. The molecule has 0 unspecified atom stereocenters. The van der Waals surface area contributed by atoms with Gasteiger partial charge in [-0.2, -0.15) is 0 Å². The number of nitrogens with one attached hydrogen (secondary N) is 2. The Bertz CT molecular complexity index is 689. The number of hydrogen-bond acceptors (Lipinski definition) is 2. The molecule has 0 aliphatic carbocycles. The topological polar surface area (TPSA) is 53.8 Å². The van der Waals surface area contributed by atoms with Crippen LogP contribution in [0.3, 0.4) is 0 Å². The largest absolute Gasteiger partial charge is 0.399 e. The fourth-order valence-corrected chi connectivity index (χ4v) is 2.13. The van der Waals surface area contributed by atoms with Crippen LogP contribution in [0.2, 0.25) is 0 Å². The van der Waals surface area contributed by atoms with Gasteiger partial charge < -0.3 is 16.0 Å². The highest BCUT2D eigenvalue weighted by molar-refractivity contribution is 5.83. The number of allylic oxidation sites excluding steroid dienone is 4. The van der Waals surface area contributed by atoms with Crippen LogP contribution < -0.4 is 11.1 Å². The standard InChI is InChI=1S/C18H21N3/c1-3-15(19)9-10-16(4-2)20-12-11-14-13-21-18-8-6-5-7-17(14)18/h3-10,13,20-21H,1-2,11-12,19H2/b15-9+,16-10+. The first kappa shape index (κ1) is 14.7. The smallest absolute Gasteiger partial charge is 0.0456 e. The minimum absolute atomic E-state index is 0.632. The van der Waals surface area contributed by atoms with Crippen LogP contribution in [0.1, 0.15) is 5.56 Å². The van der Waals surface area contributed by atoms with Crippen LogP contribution >= 0.6 is 0 Å². The van der Waals surface area contributed by atoms with E-state index in [1.165, 1.54) is 16.5 Å². The Morgan fingerprint density at radius 3 is 2.76 bits per heavy atom. The van der Waals surface area contributed by atoms with Crippen molar-refractivity contribution in [3.8, 4) is 0 Å². The van der Waals surface area contributed by atoms with Gasteiger partial charge in [-0.1, -0.05) is 31.4 Å². The molecule has 0 saturated heterocycles. The lowest BCUT2D eigenvalue weighted by Gasteiger charge is -2.06. The molecule has 21 heavy (non-hydrogen) atoms. The molecule has 108 valence electrons. The molecule has 0 aliphatic heterocycles. The highest BCUT2D eigenvalue weighted by Gasteiger charge is 2.02. The summed E-state index contributed by atoms with van der Waals surface area (Å²) in [6.45, 7) is 8.25. The summed E-state index contributed by atoms with van der Waals surface area (Å²) >= 11 is 0. The summed E-state index contributed by atoms with van der Waals surface area (Å²) in [6.07, 6.45) is 10.1. The van der Waals surface area contributed by atoms with Crippen molar-refractivity contribution in [3.63, 3.8) is 0 Å². The molecule has 1 aromatic heterocycles. The maximum absolute atomic E-state index is 5.68. The molecule has 3 nitrogen and oxygen atoms in total. The van der Waals surface area contributed by atoms with Gasteiger partial charge in [0.2, 0.25) is 0 Å². The zero-order chi connectivity index (χ0) is 15.1. The van der Waals surface area contributed by atoms with Crippen LogP contribution in [0.4, 0.5) is 0 Å². The molecule has 0 aliphatic rings. The van der Waals surface area contributed by atoms with Crippen LogP contribution in [0.5, 0.6) is 0 Å². The van der Waals surface area contributed by atoms with Crippen molar-refractivity contribution in [2.45, 2.75) is 6.42 Å². The molecule has 0 radical (unpaired) electrons. The SMILES string of the molecule is C=C/C(N)=C\C=C(/C=C)NCCc1c[nH]c2ccccc12. The van der Waals surface area contributed by atoms with E-state index in [1.54, 1.807) is 12.2 Å². The number of nitrogens with two attached hydrogens (primary N) is 1. The molecule has 3 heteroatoms. The highest BCUT2D eigenvalue weighted by atomic mass is 14.9. The highest BCUT2D eigenvalue weighted by Crippen LogP contribution is 2.17. The van der Waals surface area contributed by atoms with E-state index in [2.05, 4.69) is 47.9 Å². The molecule has 0 fully saturated rings. The summed E-state index contributed by atoms with van der Waals surface area (Å²) in [7, 11) is 0. The van der Waals surface area contributed by atoms with Crippen LogP contribution in [0, 0.1) is 0 Å². The van der Waals surface area contributed by atoms with Gasteiger partial charge in [-0.3, -0.25) is 0 Å². The van der Waals surface area contributed by atoms with E-state index < -0.39 is 0 Å². The third-order valence-electron chi connectivity index (χ3n) is 3.31. The molecule has 0 atom stereocenters. The van der Waals surface area contributed by atoms with Gasteiger partial charge in [-0.15, -0.1) is 0 Å². The molecule has 1 heterocycles. The molecular formula is C18H21N3. The molecule has 2 rings (SSSR count). The van der Waals surface area contributed by atoms with Gasteiger partial charge >= 0.3 is 0 Å². The van der Waals surface area contributed by atoms with E-state index in [0.717, 1.165) is 18.7 Å². The van der Waals surface area contributed by atoms with Crippen molar-refractivity contribution >= 4 is 10.9 Å². The molecule has 0 spiro atoms. The third-order valence-corrected chi connectivity index (χ3v) is 3.31. The van der Waals surface area contributed by atoms with E-state index in [-0.39, 0.29) is 0 Å². The summed E-state index contributed by atoms with van der Waals surface area (Å²) in [6, 6.07) is 8.32. The Labute approximate surface area is 125 Å².